The standard InChI is InChI=1S/C12H14N2O3S2/c1-9-5-12(18-11(9)8-15)19(16,17)14-7-10-3-2-4-13-6-10/h2-6,14-15H,7-8H2,1H3. The average Bonchev–Trinajstić information content (AvgIpc) is 2.80. The maximum Gasteiger partial charge on any atom is 0.250 e. The van der Waals surface area contributed by atoms with Crippen molar-refractivity contribution in [2.75, 3.05) is 0 Å². The zero-order valence-corrected chi connectivity index (χ0v) is 12.0. The van der Waals surface area contributed by atoms with Gasteiger partial charge in [-0.25, -0.2) is 13.1 Å². The van der Waals surface area contributed by atoms with E-state index in [1.165, 1.54) is 0 Å². The molecule has 0 bridgehead atoms. The van der Waals surface area contributed by atoms with E-state index in [1.54, 1.807) is 37.5 Å². The Balaban J connectivity index is 2.14. The van der Waals surface area contributed by atoms with Crippen molar-refractivity contribution in [1.82, 2.24) is 9.71 Å². The minimum atomic E-state index is -3.54. The summed E-state index contributed by atoms with van der Waals surface area (Å²) in [6.07, 6.45) is 3.25. The zero-order valence-electron chi connectivity index (χ0n) is 10.3. The number of aryl methyl sites for hydroxylation is 1. The first-order valence-electron chi connectivity index (χ1n) is 5.61. The van der Waals surface area contributed by atoms with Crippen LogP contribution in [0.15, 0.2) is 34.8 Å². The molecule has 0 radical (unpaired) electrons. The highest BCUT2D eigenvalue weighted by Crippen LogP contribution is 2.25. The molecule has 2 N–H and O–H groups in total. The number of sulfonamides is 1. The minimum Gasteiger partial charge on any atom is -0.391 e. The van der Waals surface area contributed by atoms with Crippen molar-refractivity contribution >= 4 is 21.4 Å². The van der Waals surface area contributed by atoms with Crippen LogP contribution in [-0.2, 0) is 23.2 Å². The first kappa shape index (κ1) is 14.1. The lowest BCUT2D eigenvalue weighted by atomic mass is 10.3. The molecule has 0 aliphatic rings. The first-order chi connectivity index (χ1) is 9.03. The van der Waals surface area contributed by atoms with Crippen LogP contribution in [0.4, 0.5) is 0 Å². The monoisotopic (exact) mass is 298 g/mol. The molecular weight excluding hydrogens is 284 g/mol. The fraction of sp³-hybridized carbons (Fsp3) is 0.250. The predicted octanol–water partition coefficient (Wildman–Crippen LogP) is 1.42. The van der Waals surface area contributed by atoms with Crippen LogP contribution in [0.2, 0.25) is 0 Å². The molecule has 0 aliphatic carbocycles. The molecule has 5 nitrogen and oxygen atoms in total. The Morgan fingerprint density at radius 2 is 2.26 bits per heavy atom. The van der Waals surface area contributed by atoms with E-state index in [9.17, 15) is 8.42 Å². The molecule has 0 saturated heterocycles. The highest BCUT2D eigenvalue weighted by atomic mass is 32.2. The molecule has 0 fully saturated rings. The van der Waals surface area contributed by atoms with Gasteiger partial charge in [0.1, 0.15) is 4.21 Å². The largest absolute Gasteiger partial charge is 0.391 e. The second kappa shape index (κ2) is 5.79. The molecule has 2 aromatic heterocycles. The van der Waals surface area contributed by atoms with Gasteiger partial charge in [0.25, 0.3) is 0 Å². The van der Waals surface area contributed by atoms with E-state index in [0.717, 1.165) is 22.5 Å². The maximum absolute atomic E-state index is 12.1. The number of hydrogen-bond acceptors (Lipinski definition) is 5. The van der Waals surface area contributed by atoms with E-state index < -0.39 is 10.0 Å². The van der Waals surface area contributed by atoms with E-state index in [2.05, 4.69) is 9.71 Å². The molecule has 0 spiro atoms. The molecule has 0 atom stereocenters. The fourth-order valence-corrected chi connectivity index (χ4v) is 4.04. The Labute approximate surface area is 116 Å². The predicted molar refractivity (Wildman–Crippen MR) is 73.2 cm³/mol. The van der Waals surface area contributed by atoms with Gasteiger partial charge in [0, 0.05) is 23.8 Å². The lowest BCUT2D eigenvalue weighted by Gasteiger charge is -2.04. The Bertz CT molecular complexity index is 651. The topological polar surface area (TPSA) is 79.3 Å². The van der Waals surface area contributed by atoms with Crippen LogP contribution in [0.1, 0.15) is 16.0 Å². The fourth-order valence-electron chi connectivity index (χ4n) is 1.53. The molecule has 0 saturated carbocycles. The minimum absolute atomic E-state index is 0.144. The first-order valence-corrected chi connectivity index (χ1v) is 7.91. The van der Waals surface area contributed by atoms with Gasteiger partial charge in [-0.1, -0.05) is 6.07 Å². The van der Waals surface area contributed by atoms with Gasteiger partial charge in [0.2, 0.25) is 10.0 Å². The van der Waals surface area contributed by atoms with Crippen molar-refractivity contribution < 1.29 is 13.5 Å². The number of nitrogens with zero attached hydrogens (tertiary/aromatic N) is 1. The second-order valence-electron chi connectivity index (χ2n) is 4.02. The Morgan fingerprint density at radius 1 is 1.47 bits per heavy atom. The molecule has 0 amide bonds. The normalized spacial score (nSPS) is 11.7. The van der Waals surface area contributed by atoms with Crippen LogP contribution in [0.5, 0.6) is 0 Å². The van der Waals surface area contributed by atoms with Gasteiger partial charge in [-0.3, -0.25) is 4.98 Å². The number of rotatable bonds is 5. The van der Waals surface area contributed by atoms with Crippen molar-refractivity contribution in [3.05, 3.63) is 46.6 Å². The van der Waals surface area contributed by atoms with Gasteiger partial charge in [-0.2, -0.15) is 0 Å². The number of pyridine rings is 1. The summed E-state index contributed by atoms with van der Waals surface area (Å²) in [7, 11) is -3.54. The summed E-state index contributed by atoms with van der Waals surface area (Å²) in [5.41, 5.74) is 1.58. The van der Waals surface area contributed by atoms with Gasteiger partial charge >= 0.3 is 0 Å². The number of aliphatic hydroxyl groups excluding tert-OH is 1. The highest BCUT2D eigenvalue weighted by Gasteiger charge is 2.18. The average molecular weight is 298 g/mol. The van der Waals surface area contributed by atoms with Crippen LogP contribution in [0.3, 0.4) is 0 Å². The van der Waals surface area contributed by atoms with E-state index in [4.69, 9.17) is 5.11 Å². The molecule has 0 aromatic carbocycles. The molecule has 0 unspecified atom stereocenters. The third-order valence-corrected chi connectivity index (χ3v) is 5.69. The number of aromatic nitrogens is 1. The van der Waals surface area contributed by atoms with Crippen molar-refractivity contribution in [2.45, 2.75) is 24.3 Å². The van der Waals surface area contributed by atoms with E-state index in [1.807, 2.05) is 0 Å². The summed E-state index contributed by atoms with van der Waals surface area (Å²) in [5.74, 6) is 0. The summed E-state index contributed by atoms with van der Waals surface area (Å²) in [5, 5.41) is 9.09. The van der Waals surface area contributed by atoms with E-state index in [-0.39, 0.29) is 17.4 Å². The number of aliphatic hydroxyl groups is 1. The summed E-state index contributed by atoms with van der Waals surface area (Å²) in [6.45, 7) is 1.83. The lowest BCUT2D eigenvalue weighted by Crippen LogP contribution is -2.22. The van der Waals surface area contributed by atoms with Gasteiger partial charge in [-0.05, 0) is 30.2 Å². The number of thiophene rings is 1. The third-order valence-electron chi connectivity index (χ3n) is 2.60. The Hall–Kier alpha value is -1.28. The van der Waals surface area contributed by atoms with Gasteiger partial charge in [-0.15, -0.1) is 11.3 Å². The molecule has 0 aliphatic heterocycles. The molecule has 19 heavy (non-hydrogen) atoms. The molecule has 2 rings (SSSR count). The quantitative estimate of drug-likeness (QED) is 0.875. The molecular formula is C12H14N2O3S2. The molecule has 102 valence electrons. The van der Waals surface area contributed by atoms with Crippen molar-refractivity contribution in [3.8, 4) is 0 Å². The molecule has 7 heteroatoms. The summed E-state index contributed by atoms with van der Waals surface area (Å²) in [6, 6.07) is 5.12. The van der Waals surface area contributed by atoms with Crippen molar-refractivity contribution in [3.63, 3.8) is 0 Å². The molecule has 2 aromatic rings. The van der Waals surface area contributed by atoms with Gasteiger partial charge in [0.15, 0.2) is 0 Å². The van der Waals surface area contributed by atoms with Crippen LogP contribution in [0.25, 0.3) is 0 Å². The van der Waals surface area contributed by atoms with Crippen molar-refractivity contribution in [1.29, 1.82) is 0 Å². The maximum atomic E-state index is 12.1. The van der Waals surface area contributed by atoms with Gasteiger partial charge < -0.3 is 5.11 Å². The zero-order chi connectivity index (χ0) is 13.9. The lowest BCUT2D eigenvalue weighted by molar-refractivity contribution is 0.285. The summed E-state index contributed by atoms with van der Waals surface area (Å²) in [4.78, 5) is 4.59. The van der Waals surface area contributed by atoms with Crippen LogP contribution < -0.4 is 4.72 Å². The van der Waals surface area contributed by atoms with Crippen molar-refractivity contribution in [2.24, 2.45) is 0 Å². The summed E-state index contributed by atoms with van der Waals surface area (Å²) < 4.78 is 26.9. The van der Waals surface area contributed by atoms with Crippen LogP contribution >= 0.6 is 11.3 Å². The molecule has 2 heterocycles. The van der Waals surface area contributed by atoms with Crippen LogP contribution in [-0.4, -0.2) is 18.5 Å². The van der Waals surface area contributed by atoms with Gasteiger partial charge in [0.05, 0.1) is 6.61 Å². The second-order valence-corrected chi connectivity index (χ2v) is 7.15. The highest BCUT2D eigenvalue weighted by molar-refractivity contribution is 7.91. The summed E-state index contributed by atoms with van der Waals surface area (Å²) >= 11 is 1.09. The van der Waals surface area contributed by atoms with E-state index >= 15 is 0 Å². The Kier molecular flexibility index (Phi) is 4.31. The number of hydrogen-bond donors (Lipinski definition) is 2. The van der Waals surface area contributed by atoms with E-state index in [0.29, 0.717) is 4.88 Å². The third kappa shape index (κ3) is 3.38. The van der Waals surface area contributed by atoms with Crippen LogP contribution in [0, 0.1) is 6.92 Å². The Morgan fingerprint density at radius 3 is 2.84 bits per heavy atom. The SMILES string of the molecule is Cc1cc(S(=O)(=O)NCc2cccnc2)sc1CO. The smallest absolute Gasteiger partial charge is 0.250 e. The number of nitrogens with one attached hydrogen (secondary N) is 1.